The van der Waals surface area contributed by atoms with Crippen molar-refractivity contribution in [2.24, 2.45) is 0 Å². The van der Waals surface area contributed by atoms with Crippen molar-refractivity contribution in [3.05, 3.63) is 28.2 Å². The van der Waals surface area contributed by atoms with Crippen LogP contribution in [0.3, 0.4) is 0 Å². The van der Waals surface area contributed by atoms with E-state index in [1.54, 1.807) is 6.07 Å². The van der Waals surface area contributed by atoms with E-state index in [9.17, 15) is 18.0 Å². The molecule has 4 nitrogen and oxygen atoms in total. The number of nitrogens with one attached hydrogen (secondary N) is 1. The fourth-order valence-electron chi connectivity index (χ4n) is 1.25. The number of benzene rings is 1. The minimum atomic E-state index is -4.77. The maximum absolute atomic E-state index is 12.1. The molecule has 1 aromatic rings. The fraction of sp³-hybridized carbons (Fsp3) is 0.364. The van der Waals surface area contributed by atoms with E-state index in [1.807, 2.05) is 5.32 Å². The first-order valence-corrected chi connectivity index (χ1v) is 5.91. The van der Waals surface area contributed by atoms with Crippen molar-refractivity contribution in [1.29, 1.82) is 0 Å². The summed E-state index contributed by atoms with van der Waals surface area (Å²) in [6, 6.07) is 4.46. The minimum absolute atomic E-state index is 0.0834. The van der Waals surface area contributed by atoms with E-state index in [0.29, 0.717) is 4.47 Å². The summed E-state index contributed by atoms with van der Waals surface area (Å²) in [7, 11) is 1.34. The zero-order chi connectivity index (χ0) is 14.6. The first-order chi connectivity index (χ1) is 8.75. The number of carbonyl (C=O) groups excluding carboxylic acids is 1. The molecule has 0 saturated carbocycles. The van der Waals surface area contributed by atoms with Crippen molar-refractivity contribution in [2.75, 3.05) is 13.7 Å². The predicted molar refractivity (Wildman–Crippen MR) is 65.1 cm³/mol. The molecule has 106 valence electrons. The number of rotatable bonds is 4. The van der Waals surface area contributed by atoms with Gasteiger partial charge in [-0.3, -0.25) is 4.79 Å². The highest BCUT2D eigenvalue weighted by Crippen LogP contribution is 2.24. The Morgan fingerprint density at radius 3 is 2.68 bits per heavy atom. The van der Waals surface area contributed by atoms with Crippen LogP contribution >= 0.6 is 15.9 Å². The van der Waals surface area contributed by atoms with Gasteiger partial charge in [-0.1, -0.05) is 15.9 Å². The zero-order valence-corrected chi connectivity index (χ0v) is 11.4. The third-order valence-corrected chi connectivity index (χ3v) is 2.74. The van der Waals surface area contributed by atoms with Gasteiger partial charge in [0.15, 0.2) is 6.10 Å². The molecule has 0 aliphatic carbocycles. The molecule has 0 saturated heterocycles. The summed E-state index contributed by atoms with van der Waals surface area (Å²) >= 11 is 3.17. The number of alkyl halides is 3. The summed E-state index contributed by atoms with van der Waals surface area (Å²) in [6.45, 7) is -0.915. The van der Waals surface area contributed by atoms with Gasteiger partial charge in [-0.25, -0.2) is 0 Å². The molecule has 0 aliphatic rings. The van der Waals surface area contributed by atoms with E-state index in [0.717, 1.165) is 0 Å². The lowest BCUT2D eigenvalue weighted by Gasteiger charge is -2.15. The Morgan fingerprint density at radius 2 is 2.16 bits per heavy atom. The Bertz CT molecular complexity index is 465. The van der Waals surface area contributed by atoms with Crippen LogP contribution in [-0.2, 0) is 0 Å². The van der Waals surface area contributed by atoms with Crippen LogP contribution in [0, 0.1) is 0 Å². The lowest BCUT2D eigenvalue weighted by Crippen LogP contribution is -2.40. The van der Waals surface area contributed by atoms with E-state index < -0.39 is 24.7 Å². The maximum atomic E-state index is 12.1. The lowest BCUT2D eigenvalue weighted by atomic mass is 10.2. The number of ether oxygens (including phenoxy) is 1. The van der Waals surface area contributed by atoms with Gasteiger partial charge in [0.25, 0.3) is 5.91 Å². The SMILES string of the molecule is COc1cc(Br)ccc1C(=O)NCC(O)C(F)(F)F. The van der Waals surface area contributed by atoms with Crippen LogP contribution in [0.2, 0.25) is 0 Å². The van der Waals surface area contributed by atoms with Crippen molar-refractivity contribution in [3.8, 4) is 5.75 Å². The molecule has 1 amide bonds. The smallest absolute Gasteiger partial charge is 0.416 e. The highest BCUT2D eigenvalue weighted by atomic mass is 79.9. The molecule has 0 aromatic heterocycles. The molecule has 0 radical (unpaired) electrons. The molecule has 0 aliphatic heterocycles. The lowest BCUT2D eigenvalue weighted by molar-refractivity contribution is -0.201. The molecular weight excluding hydrogens is 331 g/mol. The Morgan fingerprint density at radius 1 is 1.53 bits per heavy atom. The maximum Gasteiger partial charge on any atom is 0.416 e. The molecule has 0 spiro atoms. The zero-order valence-electron chi connectivity index (χ0n) is 9.79. The Kier molecular flexibility index (Phi) is 5.19. The van der Waals surface area contributed by atoms with Gasteiger partial charge in [0.05, 0.1) is 19.2 Å². The van der Waals surface area contributed by atoms with Gasteiger partial charge in [-0.15, -0.1) is 0 Å². The Labute approximate surface area is 115 Å². The van der Waals surface area contributed by atoms with Crippen LogP contribution in [0.4, 0.5) is 13.2 Å². The fourth-order valence-corrected chi connectivity index (χ4v) is 1.59. The molecule has 0 fully saturated rings. The first-order valence-electron chi connectivity index (χ1n) is 5.12. The summed E-state index contributed by atoms with van der Waals surface area (Å²) in [5, 5.41) is 10.8. The molecule has 2 N–H and O–H groups in total. The predicted octanol–water partition coefficient (Wildman–Crippen LogP) is 2.11. The minimum Gasteiger partial charge on any atom is -0.496 e. The Hall–Kier alpha value is -1.28. The number of hydrogen-bond acceptors (Lipinski definition) is 3. The van der Waals surface area contributed by atoms with E-state index in [1.165, 1.54) is 19.2 Å². The van der Waals surface area contributed by atoms with Gasteiger partial charge < -0.3 is 15.2 Å². The molecule has 1 aromatic carbocycles. The molecule has 1 atom stereocenters. The van der Waals surface area contributed by atoms with Crippen LogP contribution in [0.25, 0.3) is 0 Å². The topological polar surface area (TPSA) is 58.6 Å². The second-order valence-corrected chi connectivity index (χ2v) is 4.53. The van der Waals surface area contributed by atoms with E-state index in [-0.39, 0.29) is 11.3 Å². The molecule has 8 heteroatoms. The van der Waals surface area contributed by atoms with Gasteiger partial charge >= 0.3 is 6.18 Å². The molecule has 1 unspecified atom stereocenters. The van der Waals surface area contributed by atoms with Gasteiger partial charge in [0, 0.05) is 4.47 Å². The second-order valence-electron chi connectivity index (χ2n) is 3.61. The van der Waals surface area contributed by atoms with Gasteiger partial charge in [-0.05, 0) is 18.2 Å². The molecule has 19 heavy (non-hydrogen) atoms. The standard InChI is InChI=1S/C11H11BrF3NO3/c1-19-8-4-6(12)2-3-7(8)10(18)16-5-9(17)11(13,14)15/h2-4,9,17H,5H2,1H3,(H,16,18). The first kappa shape index (κ1) is 15.8. The number of halogens is 4. The van der Waals surface area contributed by atoms with Crippen molar-refractivity contribution in [2.45, 2.75) is 12.3 Å². The normalized spacial score (nSPS) is 12.9. The van der Waals surface area contributed by atoms with Gasteiger partial charge in [0.1, 0.15) is 5.75 Å². The highest BCUT2D eigenvalue weighted by molar-refractivity contribution is 9.10. The number of methoxy groups -OCH3 is 1. The third kappa shape index (κ3) is 4.39. The van der Waals surface area contributed by atoms with E-state index in [2.05, 4.69) is 15.9 Å². The van der Waals surface area contributed by atoms with Gasteiger partial charge in [-0.2, -0.15) is 13.2 Å². The Balaban J connectivity index is 2.74. The van der Waals surface area contributed by atoms with Crippen LogP contribution in [0.15, 0.2) is 22.7 Å². The summed E-state index contributed by atoms with van der Waals surface area (Å²) in [6.07, 6.45) is -7.37. The molecular formula is C11H11BrF3NO3. The molecule has 1 rings (SSSR count). The number of aliphatic hydroxyl groups is 1. The molecule has 0 bridgehead atoms. The van der Waals surface area contributed by atoms with Crippen molar-refractivity contribution >= 4 is 21.8 Å². The number of carbonyl (C=O) groups is 1. The number of hydrogen-bond donors (Lipinski definition) is 2. The summed E-state index contributed by atoms with van der Waals surface area (Å²) in [4.78, 5) is 11.7. The van der Waals surface area contributed by atoms with E-state index in [4.69, 9.17) is 9.84 Å². The summed E-state index contributed by atoms with van der Waals surface area (Å²) in [5.74, 6) is -0.541. The monoisotopic (exact) mass is 341 g/mol. The highest BCUT2D eigenvalue weighted by Gasteiger charge is 2.38. The third-order valence-electron chi connectivity index (χ3n) is 2.24. The average molecular weight is 342 g/mol. The largest absolute Gasteiger partial charge is 0.496 e. The van der Waals surface area contributed by atoms with Crippen LogP contribution in [0.5, 0.6) is 5.75 Å². The summed E-state index contributed by atoms with van der Waals surface area (Å²) < 4.78 is 41.8. The van der Waals surface area contributed by atoms with Crippen molar-refractivity contribution in [1.82, 2.24) is 5.32 Å². The average Bonchev–Trinajstić information content (AvgIpc) is 2.33. The number of aliphatic hydroxyl groups excluding tert-OH is 1. The van der Waals surface area contributed by atoms with Crippen molar-refractivity contribution in [3.63, 3.8) is 0 Å². The van der Waals surface area contributed by atoms with E-state index >= 15 is 0 Å². The second kappa shape index (κ2) is 6.25. The van der Waals surface area contributed by atoms with Crippen molar-refractivity contribution < 1.29 is 27.8 Å². The van der Waals surface area contributed by atoms with Crippen LogP contribution in [-0.4, -0.2) is 36.9 Å². The number of amides is 1. The summed E-state index contributed by atoms with van der Waals surface area (Å²) in [5.41, 5.74) is 0.0834. The quantitative estimate of drug-likeness (QED) is 0.881. The van der Waals surface area contributed by atoms with Crippen LogP contribution < -0.4 is 10.1 Å². The van der Waals surface area contributed by atoms with Crippen LogP contribution in [0.1, 0.15) is 10.4 Å². The van der Waals surface area contributed by atoms with Gasteiger partial charge in [0.2, 0.25) is 0 Å². The molecule has 0 heterocycles.